The summed E-state index contributed by atoms with van der Waals surface area (Å²) < 4.78 is 1.60. The fourth-order valence-electron chi connectivity index (χ4n) is 2.25. The summed E-state index contributed by atoms with van der Waals surface area (Å²) in [5, 5.41) is 20.3. The van der Waals surface area contributed by atoms with Gasteiger partial charge in [0.25, 0.3) is 11.6 Å². The quantitative estimate of drug-likeness (QED) is 0.658. The molecule has 0 unspecified atom stereocenters. The Hall–Kier alpha value is -1.89. The van der Waals surface area contributed by atoms with Crippen LogP contribution in [0.1, 0.15) is 36.8 Å². The number of amides is 1. The van der Waals surface area contributed by atoms with E-state index in [0.29, 0.717) is 18.7 Å². The third kappa shape index (κ3) is 2.60. The predicted octanol–water partition coefficient (Wildman–Crippen LogP) is 1.18. The van der Waals surface area contributed by atoms with E-state index in [1.54, 1.807) is 4.57 Å². The highest BCUT2D eigenvalue weighted by Gasteiger charge is 2.29. The van der Waals surface area contributed by atoms with Gasteiger partial charge < -0.3 is 14.6 Å². The van der Waals surface area contributed by atoms with E-state index >= 15 is 0 Å². The standard InChI is InChI=1S/C12H17N3O4/c1-8(2)14-6-9(15(18)19)5-11(14)12(17)13-4-3-10(16)7-13/h5-6,8,10,16H,3-4,7H2,1-2H3/t10-/m0/s1. The second kappa shape index (κ2) is 5.00. The maximum absolute atomic E-state index is 12.3. The average molecular weight is 267 g/mol. The van der Waals surface area contributed by atoms with E-state index in [4.69, 9.17) is 0 Å². The van der Waals surface area contributed by atoms with E-state index in [-0.39, 0.29) is 24.2 Å². The first-order valence-corrected chi connectivity index (χ1v) is 6.23. The van der Waals surface area contributed by atoms with Crippen molar-refractivity contribution in [1.29, 1.82) is 0 Å². The highest BCUT2D eigenvalue weighted by Crippen LogP contribution is 2.23. The van der Waals surface area contributed by atoms with E-state index in [9.17, 15) is 20.0 Å². The van der Waals surface area contributed by atoms with Gasteiger partial charge in [-0.05, 0) is 20.3 Å². The summed E-state index contributed by atoms with van der Waals surface area (Å²) in [6.07, 6.45) is 1.43. The molecule has 2 heterocycles. The molecule has 0 spiro atoms. The van der Waals surface area contributed by atoms with Gasteiger partial charge in [0, 0.05) is 25.2 Å². The lowest BCUT2D eigenvalue weighted by atomic mass is 10.3. The van der Waals surface area contributed by atoms with Crippen molar-refractivity contribution < 1.29 is 14.8 Å². The summed E-state index contributed by atoms with van der Waals surface area (Å²) in [6.45, 7) is 4.49. The lowest BCUT2D eigenvalue weighted by Crippen LogP contribution is -2.31. The second-order valence-electron chi connectivity index (χ2n) is 5.04. The SMILES string of the molecule is CC(C)n1cc([N+](=O)[O-])cc1C(=O)N1CC[C@H](O)C1. The van der Waals surface area contributed by atoms with Gasteiger partial charge in [0.05, 0.1) is 17.2 Å². The molecule has 0 aliphatic carbocycles. The Bertz CT molecular complexity index is 509. The molecule has 0 saturated carbocycles. The number of aliphatic hydroxyl groups is 1. The zero-order chi connectivity index (χ0) is 14.2. The number of hydrogen-bond acceptors (Lipinski definition) is 4. The summed E-state index contributed by atoms with van der Waals surface area (Å²) >= 11 is 0. The highest BCUT2D eigenvalue weighted by molar-refractivity contribution is 5.93. The number of nitro groups is 1. The second-order valence-corrected chi connectivity index (χ2v) is 5.04. The molecule has 1 amide bonds. The monoisotopic (exact) mass is 267 g/mol. The molecule has 1 aromatic heterocycles. The molecule has 0 radical (unpaired) electrons. The number of rotatable bonds is 3. The maximum Gasteiger partial charge on any atom is 0.287 e. The van der Waals surface area contributed by atoms with Gasteiger partial charge in [-0.1, -0.05) is 0 Å². The maximum atomic E-state index is 12.3. The van der Waals surface area contributed by atoms with Crippen molar-refractivity contribution in [1.82, 2.24) is 9.47 Å². The molecule has 0 bridgehead atoms. The van der Waals surface area contributed by atoms with E-state index in [1.807, 2.05) is 13.8 Å². The summed E-state index contributed by atoms with van der Waals surface area (Å²) in [7, 11) is 0. The highest BCUT2D eigenvalue weighted by atomic mass is 16.6. The normalized spacial score (nSPS) is 19.2. The third-order valence-electron chi connectivity index (χ3n) is 3.27. The van der Waals surface area contributed by atoms with Crippen molar-refractivity contribution in [3.05, 3.63) is 28.1 Å². The molecule has 1 aliphatic heterocycles. The molecule has 7 nitrogen and oxygen atoms in total. The van der Waals surface area contributed by atoms with Crippen molar-refractivity contribution in [2.75, 3.05) is 13.1 Å². The van der Waals surface area contributed by atoms with Crippen LogP contribution in [0.4, 0.5) is 5.69 Å². The molecule has 1 saturated heterocycles. The molecule has 7 heteroatoms. The lowest BCUT2D eigenvalue weighted by Gasteiger charge is -2.18. The zero-order valence-electron chi connectivity index (χ0n) is 10.9. The molecule has 1 aliphatic rings. The van der Waals surface area contributed by atoms with Crippen LogP contribution in [0.5, 0.6) is 0 Å². The number of likely N-dealkylation sites (tertiary alicyclic amines) is 1. The van der Waals surface area contributed by atoms with Gasteiger partial charge >= 0.3 is 0 Å². The van der Waals surface area contributed by atoms with Crippen LogP contribution in [-0.4, -0.2) is 44.6 Å². The lowest BCUT2D eigenvalue weighted by molar-refractivity contribution is -0.384. The smallest absolute Gasteiger partial charge is 0.287 e. The number of hydrogen-bond donors (Lipinski definition) is 1. The molecule has 19 heavy (non-hydrogen) atoms. The fraction of sp³-hybridized carbons (Fsp3) is 0.583. The first-order valence-electron chi connectivity index (χ1n) is 6.23. The van der Waals surface area contributed by atoms with Crippen LogP contribution in [-0.2, 0) is 0 Å². The first kappa shape index (κ1) is 13.5. The number of aromatic nitrogens is 1. The van der Waals surface area contributed by atoms with Crippen molar-refractivity contribution in [2.45, 2.75) is 32.4 Å². The summed E-state index contributed by atoms with van der Waals surface area (Å²) in [5.74, 6) is -0.265. The minimum Gasteiger partial charge on any atom is -0.391 e. The van der Waals surface area contributed by atoms with Gasteiger partial charge in [-0.25, -0.2) is 0 Å². The molecule has 1 fully saturated rings. The number of β-amino-alcohol motifs (C(OH)–C–C–N with tert-alkyl or cyclic N) is 1. The van der Waals surface area contributed by atoms with Gasteiger partial charge in [-0.15, -0.1) is 0 Å². The Balaban J connectivity index is 2.32. The zero-order valence-corrected chi connectivity index (χ0v) is 10.9. The van der Waals surface area contributed by atoms with Crippen molar-refractivity contribution in [3.63, 3.8) is 0 Å². The van der Waals surface area contributed by atoms with E-state index < -0.39 is 11.0 Å². The van der Waals surface area contributed by atoms with Crippen LogP contribution in [0.2, 0.25) is 0 Å². The average Bonchev–Trinajstić information content (AvgIpc) is 2.93. The summed E-state index contributed by atoms with van der Waals surface area (Å²) in [4.78, 5) is 24.2. The van der Waals surface area contributed by atoms with Crippen LogP contribution in [0.15, 0.2) is 12.3 Å². The molecule has 1 atom stereocenters. The number of carbonyl (C=O) groups excluding carboxylic acids is 1. The van der Waals surface area contributed by atoms with E-state index in [2.05, 4.69) is 0 Å². The number of nitrogens with zero attached hydrogens (tertiary/aromatic N) is 3. The molecule has 104 valence electrons. The van der Waals surface area contributed by atoms with Gasteiger partial charge in [-0.3, -0.25) is 14.9 Å². The Labute approximate surface area is 110 Å². The molecule has 2 rings (SSSR count). The molecule has 1 aromatic rings. The molecular formula is C12H17N3O4. The van der Waals surface area contributed by atoms with Gasteiger partial charge in [0.2, 0.25) is 0 Å². The van der Waals surface area contributed by atoms with Crippen LogP contribution < -0.4 is 0 Å². The van der Waals surface area contributed by atoms with Gasteiger partial charge in [0.1, 0.15) is 5.69 Å². The molecule has 0 aromatic carbocycles. The number of aliphatic hydroxyl groups excluding tert-OH is 1. The van der Waals surface area contributed by atoms with Crippen molar-refractivity contribution in [3.8, 4) is 0 Å². The van der Waals surface area contributed by atoms with E-state index in [0.717, 1.165) is 0 Å². The molecular weight excluding hydrogens is 250 g/mol. The Kier molecular flexibility index (Phi) is 3.57. The number of carbonyl (C=O) groups is 1. The van der Waals surface area contributed by atoms with Crippen LogP contribution in [0, 0.1) is 10.1 Å². The fourth-order valence-corrected chi connectivity index (χ4v) is 2.25. The molecule has 1 N–H and O–H groups in total. The minimum absolute atomic E-state index is 0.0415. The van der Waals surface area contributed by atoms with Gasteiger partial charge in [0.15, 0.2) is 0 Å². The first-order chi connectivity index (χ1) is 8.90. The van der Waals surface area contributed by atoms with Crippen LogP contribution >= 0.6 is 0 Å². The van der Waals surface area contributed by atoms with Crippen LogP contribution in [0.3, 0.4) is 0 Å². The van der Waals surface area contributed by atoms with Crippen molar-refractivity contribution in [2.24, 2.45) is 0 Å². The van der Waals surface area contributed by atoms with Crippen LogP contribution in [0.25, 0.3) is 0 Å². The Morgan fingerprint density at radius 3 is 2.74 bits per heavy atom. The summed E-state index contributed by atoms with van der Waals surface area (Å²) in [6, 6.07) is 1.26. The topological polar surface area (TPSA) is 88.6 Å². The van der Waals surface area contributed by atoms with Gasteiger partial charge in [-0.2, -0.15) is 0 Å². The Morgan fingerprint density at radius 1 is 1.58 bits per heavy atom. The Morgan fingerprint density at radius 2 is 2.26 bits per heavy atom. The largest absolute Gasteiger partial charge is 0.391 e. The minimum atomic E-state index is -0.505. The van der Waals surface area contributed by atoms with E-state index in [1.165, 1.54) is 17.2 Å². The summed E-state index contributed by atoms with van der Waals surface area (Å²) in [5.41, 5.74) is 0.215. The van der Waals surface area contributed by atoms with Crippen molar-refractivity contribution >= 4 is 11.6 Å². The third-order valence-corrected chi connectivity index (χ3v) is 3.27. The predicted molar refractivity (Wildman–Crippen MR) is 68.0 cm³/mol.